The van der Waals surface area contributed by atoms with Crippen LogP contribution in [0.1, 0.15) is 15.9 Å². The third kappa shape index (κ3) is 3.54. The zero-order chi connectivity index (χ0) is 20.5. The number of carbonyl (C=O) groups excluding carboxylic acids is 1. The molecule has 146 valence electrons. The number of carbonyl (C=O) groups is 1. The molecule has 0 radical (unpaired) electrons. The molecule has 0 bridgehead atoms. The number of halogens is 2. The van der Waals surface area contributed by atoms with Gasteiger partial charge in [0, 0.05) is 23.5 Å². The standard InChI is InChI=1S/C22H17F2N3O2/c1-13-4-3-9-27-12-19(25-21(13)27)14-6-8-20(29-2)18(11-14)26-22(28)15-5-7-16(23)17(24)10-15/h3-12H,1-2H3,(H,26,28). The molecular formula is C22H17F2N3O2. The van der Waals surface area contributed by atoms with E-state index in [1.54, 1.807) is 12.1 Å². The number of anilines is 1. The van der Waals surface area contributed by atoms with Gasteiger partial charge in [-0.15, -0.1) is 0 Å². The summed E-state index contributed by atoms with van der Waals surface area (Å²) in [5.41, 5.74) is 3.78. The van der Waals surface area contributed by atoms with Crippen LogP contribution < -0.4 is 10.1 Å². The molecule has 0 saturated carbocycles. The summed E-state index contributed by atoms with van der Waals surface area (Å²) in [6.07, 6.45) is 3.80. The van der Waals surface area contributed by atoms with E-state index in [1.807, 2.05) is 41.9 Å². The number of methoxy groups -OCH3 is 1. The van der Waals surface area contributed by atoms with Crippen LogP contribution in [-0.4, -0.2) is 22.4 Å². The van der Waals surface area contributed by atoms with Gasteiger partial charge in [0.25, 0.3) is 5.91 Å². The first-order chi connectivity index (χ1) is 14.0. The second-order valence-electron chi connectivity index (χ2n) is 6.55. The molecule has 1 amide bonds. The highest BCUT2D eigenvalue weighted by Crippen LogP contribution is 2.31. The number of rotatable bonds is 4. The van der Waals surface area contributed by atoms with E-state index in [9.17, 15) is 13.6 Å². The number of nitrogens with one attached hydrogen (secondary N) is 1. The number of benzene rings is 2. The summed E-state index contributed by atoms with van der Waals surface area (Å²) in [4.78, 5) is 17.2. The minimum absolute atomic E-state index is 0.000268. The maximum absolute atomic E-state index is 13.5. The number of amides is 1. The highest BCUT2D eigenvalue weighted by atomic mass is 19.2. The van der Waals surface area contributed by atoms with Crippen LogP contribution in [0.5, 0.6) is 5.75 Å². The number of fused-ring (bicyclic) bond motifs is 1. The highest BCUT2D eigenvalue weighted by molar-refractivity contribution is 6.05. The number of nitrogens with zero attached hydrogens (tertiary/aromatic N) is 2. The van der Waals surface area contributed by atoms with Crippen molar-refractivity contribution in [1.29, 1.82) is 0 Å². The summed E-state index contributed by atoms with van der Waals surface area (Å²) in [6, 6.07) is 12.2. The van der Waals surface area contributed by atoms with Gasteiger partial charge in [0.05, 0.1) is 18.5 Å². The lowest BCUT2D eigenvalue weighted by atomic mass is 10.1. The Hall–Kier alpha value is -3.74. The summed E-state index contributed by atoms with van der Waals surface area (Å²) >= 11 is 0. The fraction of sp³-hybridized carbons (Fsp3) is 0.0909. The van der Waals surface area contributed by atoms with Gasteiger partial charge in [-0.05, 0) is 55.0 Å². The molecule has 2 aromatic carbocycles. The molecule has 0 unspecified atom stereocenters. The molecule has 5 nitrogen and oxygen atoms in total. The molecule has 0 saturated heterocycles. The third-order valence-electron chi connectivity index (χ3n) is 4.60. The number of pyridine rings is 1. The predicted octanol–water partition coefficient (Wildman–Crippen LogP) is 4.85. The van der Waals surface area contributed by atoms with Crippen molar-refractivity contribution in [2.24, 2.45) is 0 Å². The Morgan fingerprint density at radius 2 is 1.93 bits per heavy atom. The summed E-state index contributed by atoms with van der Waals surface area (Å²) in [5.74, 6) is -2.24. The SMILES string of the molecule is COc1ccc(-c2cn3cccc(C)c3n2)cc1NC(=O)c1ccc(F)c(F)c1. The molecule has 0 atom stereocenters. The molecule has 29 heavy (non-hydrogen) atoms. The predicted molar refractivity (Wildman–Crippen MR) is 106 cm³/mol. The summed E-state index contributed by atoms with van der Waals surface area (Å²) in [6.45, 7) is 1.98. The Labute approximate surface area is 165 Å². The molecule has 0 aliphatic carbocycles. The minimum atomic E-state index is -1.08. The van der Waals surface area contributed by atoms with E-state index in [2.05, 4.69) is 10.3 Å². The van der Waals surface area contributed by atoms with Crippen LogP contribution >= 0.6 is 0 Å². The van der Waals surface area contributed by atoms with Crippen molar-refractivity contribution in [3.63, 3.8) is 0 Å². The van der Waals surface area contributed by atoms with Crippen molar-refractivity contribution in [1.82, 2.24) is 9.38 Å². The number of hydrogen-bond acceptors (Lipinski definition) is 3. The zero-order valence-electron chi connectivity index (χ0n) is 15.7. The van der Waals surface area contributed by atoms with Crippen LogP contribution in [0.25, 0.3) is 16.9 Å². The minimum Gasteiger partial charge on any atom is -0.495 e. The Bertz CT molecular complexity index is 1230. The van der Waals surface area contributed by atoms with Crippen LogP contribution in [0.15, 0.2) is 60.9 Å². The first-order valence-electron chi connectivity index (χ1n) is 8.85. The van der Waals surface area contributed by atoms with E-state index >= 15 is 0 Å². The Balaban J connectivity index is 1.70. The van der Waals surface area contributed by atoms with Crippen LogP contribution in [0.4, 0.5) is 14.5 Å². The van der Waals surface area contributed by atoms with Gasteiger partial charge in [-0.3, -0.25) is 4.79 Å². The summed E-state index contributed by atoms with van der Waals surface area (Å²) in [7, 11) is 1.48. The second kappa shape index (κ2) is 7.35. The maximum atomic E-state index is 13.5. The largest absolute Gasteiger partial charge is 0.495 e. The van der Waals surface area contributed by atoms with Gasteiger partial charge < -0.3 is 14.5 Å². The topological polar surface area (TPSA) is 55.6 Å². The van der Waals surface area contributed by atoms with Crippen molar-refractivity contribution in [3.05, 3.63) is 83.7 Å². The highest BCUT2D eigenvalue weighted by Gasteiger charge is 2.14. The van der Waals surface area contributed by atoms with Gasteiger partial charge in [0.1, 0.15) is 11.4 Å². The van der Waals surface area contributed by atoms with E-state index in [-0.39, 0.29) is 5.56 Å². The Morgan fingerprint density at radius 3 is 2.66 bits per heavy atom. The Morgan fingerprint density at radius 1 is 1.10 bits per heavy atom. The normalized spacial score (nSPS) is 10.9. The van der Waals surface area contributed by atoms with Gasteiger partial charge >= 0.3 is 0 Å². The zero-order valence-corrected chi connectivity index (χ0v) is 15.7. The lowest BCUT2D eigenvalue weighted by Gasteiger charge is -2.12. The fourth-order valence-electron chi connectivity index (χ4n) is 3.09. The molecule has 7 heteroatoms. The number of aryl methyl sites for hydroxylation is 1. The molecule has 4 rings (SSSR count). The van der Waals surface area contributed by atoms with Gasteiger partial charge in [0.15, 0.2) is 11.6 Å². The van der Waals surface area contributed by atoms with Crippen LogP contribution in [0.3, 0.4) is 0 Å². The molecule has 2 aromatic heterocycles. The number of imidazole rings is 1. The smallest absolute Gasteiger partial charge is 0.255 e. The van der Waals surface area contributed by atoms with Crippen molar-refractivity contribution < 1.29 is 18.3 Å². The quantitative estimate of drug-likeness (QED) is 0.539. The molecule has 0 aliphatic heterocycles. The van der Waals surface area contributed by atoms with E-state index in [0.29, 0.717) is 11.4 Å². The first-order valence-corrected chi connectivity index (χ1v) is 8.85. The van der Waals surface area contributed by atoms with Gasteiger partial charge in [-0.25, -0.2) is 13.8 Å². The molecule has 0 spiro atoms. The van der Waals surface area contributed by atoms with Crippen molar-refractivity contribution in [2.75, 3.05) is 12.4 Å². The molecule has 0 aliphatic rings. The molecular weight excluding hydrogens is 376 g/mol. The van der Waals surface area contributed by atoms with Gasteiger partial charge in [-0.2, -0.15) is 0 Å². The number of ether oxygens (including phenoxy) is 1. The summed E-state index contributed by atoms with van der Waals surface area (Å²) in [5, 5.41) is 2.69. The van der Waals surface area contributed by atoms with Crippen LogP contribution in [0, 0.1) is 18.6 Å². The third-order valence-corrected chi connectivity index (χ3v) is 4.60. The summed E-state index contributed by atoms with van der Waals surface area (Å²) < 4.78 is 33.8. The molecule has 0 fully saturated rings. The van der Waals surface area contributed by atoms with Crippen molar-refractivity contribution >= 4 is 17.2 Å². The fourth-order valence-corrected chi connectivity index (χ4v) is 3.09. The number of aromatic nitrogens is 2. The Kier molecular flexibility index (Phi) is 4.72. The van der Waals surface area contributed by atoms with Crippen LogP contribution in [0.2, 0.25) is 0 Å². The lowest BCUT2D eigenvalue weighted by molar-refractivity contribution is 0.102. The van der Waals surface area contributed by atoms with E-state index in [0.717, 1.165) is 34.6 Å². The maximum Gasteiger partial charge on any atom is 0.255 e. The lowest BCUT2D eigenvalue weighted by Crippen LogP contribution is -2.13. The van der Waals surface area contributed by atoms with Crippen molar-refractivity contribution in [3.8, 4) is 17.0 Å². The van der Waals surface area contributed by atoms with E-state index in [1.165, 1.54) is 13.2 Å². The van der Waals surface area contributed by atoms with E-state index in [4.69, 9.17) is 4.74 Å². The number of hydrogen-bond donors (Lipinski definition) is 1. The molecule has 2 heterocycles. The second-order valence-corrected chi connectivity index (χ2v) is 6.55. The van der Waals surface area contributed by atoms with E-state index < -0.39 is 17.5 Å². The average molecular weight is 393 g/mol. The van der Waals surface area contributed by atoms with Gasteiger partial charge in [-0.1, -0.05) is 6.07 Å². The molecule has 1 N–H and O–H groups in total. The van der Waals surface area contributed by atoms with Crippen LogP contribution in [-0.2, 0) is 0 Å². The molecule has 4 aromatic rings. The van der Waals surface area contributed by atoms with Crippen molar-refractivity contribution in [2.45, 2.75) is 6.92 Å². The first kappa shape index (κ1) is 18.6. The monoisotopic (exact) mass is 393 g/mol. The van der Waals surface area contributed by atoms with Gasteiger partial charge in [0.2, 0.25) is 0 Å². The average Bonchev–Trinajstić information content (AvgIpc) is 3.16.